The SMILES string of the molecule is COc1ccc(N2CCN(C(=O)c3cnc(C4CC4)[nH]c3=O)[C@H](C)C2)cc1. The molecule has 1 aliphatic carbocycles. The van der Waals surface area contributed by atoms with E-state index in [1.54, 1.807) is 12.0 Å². The van der Waals surface area contributed by atoms with Crippen LogP contribution in [0.2, 0.25) is 0 Å². The van der Waals surface area contributed by atoms with Crippen LogP contribution in [0.4, 0.5) is 5.69 Å². The quantitative estimate of drug-likeness (QED) is 0.893. The number of aromatic nitrogens is 2. The van der Waals surface area contributed by atoms with Crippen LogP contribution in [0.25, 0.3) is 0 Å². The van der Waals surface area contributed by atoms with E-state index < -0.39 is 0 Å². The number of hydrogen-bond donors (Lipinski definition) is 1. The molecular formula is C20H24N4O3. The number of carbonyl (C=O) groups is 1. The Morgan fingerprint density at radius 1 is 1.22 bits per heavy atom. The maximum Gasteiger partial charge on any atom is 0.263 e. The number of piperazine rings is 1. The maximum absolute atomic E-state index is 12.9. The van der Waals surface area contributed by atoms with Crippen LogP contribution in [0.15, 0.2) is 35.3 Å². The van der Waals surface area contributed by atoms with E-state index in [1.807, 2.05) is 31.2 Å². The number of carbonyl (C=O) groups excluding carboxylic acids is 1. The molecule has 2 aromatic rings. The Kier molecular flexibility index (Phi) is 4.59. The average Bonchev–Trinajstić information content (AvgIpc) is 3.53. The summed E-state index contributed by atoms with van der Waals surface area (Å²) < 4.78 is 5.20. The molecule has 1 aromatic carbocycles. The summed E-state index contributed by atoms with van der Waals surface area (Å²) in [5.74, 6) is 1.64. The molecule has 142 valence electrons. The van der Waals surface area contributed by atoms with Crippen molar-refractivity contribution in [3.63, 3.8) is 0 Å². The van der Waals surface area contributed by atoms with E-state index in [9.17, 15) is 9.59 Å². The maximum atomic E-state index is 12.9. The lowest BCUT2D eigenvalue weighted by atomic mass is 10.1. The highest BCUT2D eigenvalue weighted by Crippen LogP contribution is 2.37. The first-order chi connectivity index (χ1) is 13.1. The third kappa shape index (κ3) is 3.54. The molecule has 0 bridgehead atoms. The van der Waals surface area contributed by atoms with Gasteiger partial charge >= 0.3 is 0 Å². The van der Waals surface area contributed by atoms with E-state index >= 15 is 0 Å². The molecule has 7 nitrogen and oxygen atoms in total. The van der Waals surface area contributed by atoms with E-state index in [4.69, 9.17) is 4.74 Å². The van der Waals surface area contributed by atoms with E-state index in [-0.39, 0.29) is 23.1 Å². The molecule has 0 spiro atoms. The summed E-state index contributed by atoms with van der Waals surface area (Å²) in [6.07, 6.45) is 3.55. The normalized spacial score (nSPS) is 19.9. The Hall–Kier alpha value is -2.83. The van der Waals surface area contributed by atoms with Crippen molar-refractivity contribution in [1.29, 1.82) is 0 Å². The molecule has 27 heavy (non-hydrogen) atoms. The van der Waals surface area contributed by atoms with Crippen LogP contribution >= 0.6 is 0 Å². The second-order valence-corrected chi connectivity index (χ2v) is 7.28. The zero-order chi connectivity index (χ0) is 19.0. The highest BCUT2D eigenvalue weighted by molar-refractivity contribution is 5.94. The van der Waals surface area contributed by atoms with Crippen LogP contribution in [-0.4, -0.2) is 53.6 Å². The predicted octanol–water partition coefficient (Wildman–Crippen LogP) is 2.01. The molecule has 1 atom stereocenters. The largest absolute Gasteiger partial charge is 0.497 e. The monoisotopic (exact) mass is 368 g/mol. The first kappa shape index (κ1) is 17.6. The molecule has 0 unspecified atom stereocenters. The fourth-order valence-electron chi connectivity index (χ4n) is 3.57. The molecule has 1 N–H and O–H groups in total. The van der Waals surface area contributed by atoms with E-state index in [0.29, 0.717) is 31.4 Å². The number of methoxy groups -OCH3 is 1. The van der Waals surface area contributed by atoms with Crippen molar-refractivity contribution in [2.45, 2.75) is 31.7 Å². The van der Waals surface area contributed by atoms with Crippen LogP contribution in [0.3, 0.4) is 0 Å². The van der Waals surface area contributed by atoms with Crippen molar-refractivity contribution in [3.8, 4) is 5.75 Å². The number of benzene rings is 1. The number of nitrogens with one attached hydrogen (secondary N) is 1. The smallest absolute Gasteiger partial charge is 0.263 e. The van der Waals surface area contributed by atoms with Crippen LogP contribution < -0.4 is 15.2 Å². The van der Waals surface area contributed by atoms with Gasteiger partial charge < -0.3 is 19.5 Å². The number of H-pyrrole nitrogens is 1. The molecule has 4 rings (SSSR count). The summed E-state index contributed by atoms with van der Waals surface area (Å²) in [4.78, 5) is 36.3. The predicted molar refractivity (Wildman–Crippen MR) is 103 cm³/mol. The first-order valence-corrected chi connectivity index (χ1v) is 9.36. The average molecular weight is 368 g/mol. The van der Waals surface area contributed by atoms with Crippen molar-refractivity contribution >= 4 is 11.6 Å². The summed E-state index contributed by atoms with van der Waals surface area (Å²) in [6, 6.07) is 7.91. The minimum Gasteiger partial charge on any atom is -0.497 e. The number of aromatic amines is 1. The highest BCUT2D eigenvalue weighted by Gasteiger charge is 2.31. The first-order valence-electron chi connectivity index (χ1n) is 9.36. The molecule has 1 saturated carbocycles. The third-order valence-electron chi connectivity index (χ3n) is 5.34. The third-order valence-corrected chi connectivity index (χ3v) is 5.34. The van der Waals surface area contributed by atoms with Crippen molar-refractivity contribution in [1.82, 2.24) is 14.9 Å². The van der Waals surface area contributed by atoms with Crippen molar-refractivity contribution in [3.05, 3.63) is 52.2 Å². The standard InChI is InChI=1S/C20H24N4O3/c1-13-12-23(15-5-7-16(27-2)8-6-15)9-10-24(13)20(26)17-11-21-18(14-3-4-14)22-19(17)25/h5-8,11,13-14H,3-4,9-10,12H2,1-2H3,(H,21,22,25)/t13-/m1/s1. The summed E-state index contributed by atoms with van der Waals surface area (Å²) in [5, 5.41) is 0. The topological polar surface area (TPSA) is 78.5 Å². The summed E-state index contributed by atoms with van der Waals surface area (Å²) in [6.45, 7) is 4.00. The number of nitrogens with zero attached hydrogens (tertiary/aromatic N) is 3. The summed E-state index contributed by atoms with van der Waals surface area (Å²) >= 11 is 0. The second kappa shape index (κ2) is 7.06. The van der Waals surface area contributed by atoms with Gasteiger partial charge in [0.25, 0.3) is 11.5 Å². The van der Waals surface area contributed by atoms with Gasteiger partial charge in [0.1, 0.15) is 17.1 Å². The van der Waals surface area contributed by atoms with Gasteiger partial charge in [-0.3, -0.25) is 9.59 Å². The molecule has 1 aliphatic heterocycles. The van der Waals surface area contributed by atoms with Crippen LogP contribution in [0, 0.1) is 0 Å². The van der Waals surface area contributed by atoms with Gasteiger partial charge in [-0.2, -0.15) is 0 Å². The van der Waals surface area contributed by atoms with Gasteiger partial charge in [0.15, 0.2) is 0 Å². The molecule has 1 saturated heterocycles. The lowest BCUT2D eigenvalue weighted by Crippen LogP contribution is -2.54. The zero-order valence-corrected chi connectivity index (χ0v) is 15.6. The Morgan fingerprint density at radius 3 is 2.56 bits per heavy atom. The van der Waals surface area contributed by atoms with Crippen LogP contribution in [0.5, 0.6) is 5.75 Å². The van der Waals surface area contributed by atoms with Gasteiger partial charge in [-0.05, 0) is 44.0 Å². The van der Waals surface area contributed by atoms with Gasteiger partial charge in [0.2, 0.25) is 0 Å². The lowest BCUT2D eigenvalue weighted by molar-refractivity contribution is 0.0671. The van der Waals surface area contributed by atoms with E-state index in [1.165, 1.54) is 6.20 Å². The summed E-state index contributed by atoms with van der Waals surface area (Å²) in [7, 11) is 1.65. The molecule has 1 amide bonds. The molecular weight excluding hydrogens is 344 g/mol. The number of hydrogen-bond acceptors (Lipinski definition) is 5. The number of anilines is 1. The highest BCUT2D eigenvalue weighted by atomic mass is 16.5. The van der Waals surface area contributed by atoms with E-state index in [0.717, 1.165) is 24.3 Å². The van der Waals surface area contributed by atoms with Gasteiger partial charge in [-0.25, -0.2) is 4.98 Å². The number of amides is 1. The van der Waals surface area contributed by atoms with Crippen molar-refractivity contribution in [2.75, 3.05) is 31.6 Å². The number of rotatable bonds is 4. The lowest BCUT2D eigenvalue weighted by Gasteiger charge is -2.41. The molecule has 0 radical (unpaired) electrons. The Morgan fingerprint density at radius 2 is 1.96 bits per heavy atom. The van der Waals surface area contributed by atoms with Crippen LogP contribution in [0.1, 0.15) is 41.9 Å². The van der Waals surface area contributed by atoms with Gasteiger partial charge in [0, 0.05) is 43.5 Å². The van der Waals surface area contributed by atoms with Gasteiger partial charge in [-0.15, -0.1) is 0 Å². The molecule has 1 aromatic heterocycles. The van der Waals surface area contributed by atoms with E-state index in [2.05, 4.69) is 14.9 Å². The minimum absolute atomic E-state index is 0.00383. The zero-order valence-electron chi connectivity index (χ0n) is 15.6. The molecule has 2 heterocycles. The van der Waals surface area contributed by atoms with Gasteiger partial charge in [0.05, 0.1) is 7.11 Å². The number of ether oxygens (including phenoxy) is 1. The Balaban J connectivity index is 1.46. The fourth-order valence-corrected chi connectivity index (χ4v) is 3.57. The molecule has 2 fully saturated rings. The molecule has 7 heteroatoms. The fraction of sp³-hybridized carbons (Fsp3) is 0.450. The van der Waals surface area contributed by atoms with Gasteiger partial charge in [-0.1, -0.05) is 0 Å². The minimum atomic E-state index is -0.332. The molecule has 2 aliphatic rings. The van der Waals surface area contributed by atoms with Crippen molar-refractivity contribution < 1.29 is 9.53 Å². The summed E-state index contributed by atoms with van der Waals surface area (Å²) in [5.41, 5.74) is 0.897. The van der Waals surface area contributed by atoms with Crippen molar-refractivity contribution in [2.24, 2.45) is 0 Å². The Bertz CT molecular complexity index is 889. The Labute approximate surface area is 158 Å². The second-order valence-electron chi connectivity index (χ2n) is 7.28. The van der Waals surface area contributed by atoms with Crippen LogP contribution in [-0.2, 0) is 0 Å².